The molecule has 0 radical (unpaired) electrons. The Morgan fingerprint density at radius 3 is 2.76 bits per heavy atom. The molecule has 112 valence electrons. The van der Waals surface area contributed by atoms with Gasteiger partial charge in [0.1, 0.15) is 0 Å². The molecule has 0 aliphatic heterocycles. The summed E-state index contributed by atoms with van der Waals surface area (Å²) in [5.74, 6) is 0.841. The second kappa shape index (κ2) is 6.71. The molecule has 2 aromatic heterocycles. The second-order valence-corrected chi connectivity index (χ2v) is 7.30. The minimum absolute atomic E-state index is 0.798. The third kappa shape index (κ3) is 3.35. The Balaban J connectivity index is 2.01. The second-order valence-electron chi connectivity index (χ2n) is 5.52. The quantitative estimate of drug-likeness (QED) is 0.790. The molecule has 1 saturated carbocycles. The smallest absolute Gasteiger partial charge is 0.206 e. The van der Waals surface area contributed by atoms with E-state index in [1.54, 1.807) is 22.7 Å². The molecule has 2 heterocycles. The molecule has 1 aliphatic carbocycles. The summed E-state index contributed by atoms with van der Waals surface area (Å²) in [7, 11) is 0. The Morgan fingerprint density at radius 2 is 2.10 bits per heavy atom. The standard InChI is InChI=1S/C16H21N3S2/c1-3-17-16-19(18-13-8-6-12(2)7-9-13)14(11-21-16)15-5-4-10-20-15/h4-5,10-12H,3,6-9H2,1-2H3. The van der Waals surface area contributed by atoms with Gasteiger partial charge in [0, 0.05) is 17.6 Å². The fourth-order valence-corrected chi connectivity index (χ4v) is 4.26. The normalized spacial score (nSPS) is 20.0. The average Bonchev–Trinajstić information content (AvgIpc) is 3.12. The first-order valence-corrected chi connectivity index (χ1v) is 9.35. The van der Waals surface area contributed by atoms with Gasteiger partial charge in [-0.1, -0.05) is 13.0 Å². The monoisotopic (exact) mass is 319 g/mol. The van der Waals surface area contributed by atoms with Crippen LogP contribution in [-0.2, 0) is 0 Å². The summed E-state index contributed by atoms with van der Waals surface area (Å²) in [6, 6.07) is 4.25. The van der Waals surface area contributed by atoms with Gasteiger partial charge < -0.3 is 0 Å². The minimum Gasteiger partial charge on any atom is -0.258 e. The van der Waals surface area contributed by atoms with Crippen molar-refractivity contribution < 1.29 is 0 Å². The van der Waals surface area contributed by atoms with Crippen molar-refractivity contribution in [1.82, 2.24) is 4.68 Å². The highest BCUT2D eigenvalue weighted by molar-refractivity contribution is 7.14. The predicted molar refractivity (Wildman–Crippen MR) is 92.2 cm³/mol. The minimum atomic E-state index is 0.798. The molecule has 3 rings (SSSR count). The van der Waals surface area contributed by atoms with Crippen LogP contribution in [0.3, 0.4) is 0 Å². The number of rotatable bonds is 3. The average molecular weight is 319 g/mol. The molecular formula is C16H21N3S2. The Kier molecular flexibility index (Phi) is 4.70. The molecular weight excluding hydrogens is 298 g/mol. The maximum absolute atomic E-state index is 4.94. The molecule has 0 saturated heterocycles. The SMILES string of the molecule is CCN=c1scc(-c2cccs2)n1N=C1CCC(C)CC1. The molecule has 0 bridgehead atoms. The highest BCUT2D eigenvalue weighted by Gasteiger charge is 2.15. The molecule has 2 aromatic rings. The van der Waals surface area contributed by atoms with Gasteiger partial charge in [-0.3, -0.25) is 4.99 Å². The Labute approximate surface area is 133 Å². The first kappa shape index (κ1) is 14.7. The van der Waals surface area contributed by atoms with Gasteiger partial charge in [-0.2, -0.15) is 5.10 Å². The molecule has 3 nitrogen and oxygen atoms in total. The van der Waals surface area contributed by atoms with Crippen LogP contribution in [0, 0.1) is 5.92 Å². The van der Waals surface area contributed by atoms with E-state index >= 15 is 0 Å². The summed E-state index contributed by atoms with van der Waals surface area (Å²) in [4.78, 5) is 6.86. The van der Waals surface area contributed by atoms with E-state index in [2.05, 4.69) is 46.4 Å². The topological polar surface area (TPSA) is 29.6 Å². The first-order chi connectivity index (χ1) is 10.3. The van der Waals surface area contributed by atoms with Crippen LogP contribution < -0.4 is 4.80 Å². The highest BCUT2D eigenvalue weighted by atomic mass is 32.1. The molecule has 0 unspecified atom stereocenters. The van der Waals surface area contributed by atoms with E-state index in [9.17, 15) is 0 Å². The van der Waals surface area contributed by atoms with Crippen molar-refractivity contribution in [3.8, 4) is 10.6 Å². The van der Waals surface area contributed by atoms with Crippen molar-refractivity contribution in [3.63, 3.8) is 0 Å². The van der Waals surface area contributed by atoms with Crippen molar-refractivity contribution >= 4 is 28.4 Å². The van der Waals surface area contributed by atoms with Gasteiger partial charge in [-0.25, -0.2) is 4.68 Å². The lowest BCUT2D eigenvalue weighted by Gasteiger charge is -2.19. The zero-order chi connectivity index (χ0) is 14.7. The van der Waals surface area contributed by atoms with Crippen molar-refractivity contribution in [2.75, 3.05) is 6.54 Å². The third-order valence-electron chi connectivity index (χ3n) is 3.85. The zero-order valence-corrected chi connectivity index (χ0v) is 14.2. The summed E-state index contributed by atoms with van der Waals surface area (Å²) in [6.45, 7) is 5.21. The molecule has 1 aliphatic rings. The summed E-state index contributed by atoms with van der Waals surface area (Å²) in [6.07, 6.45) is 4.77. The van der Waals surface area contributed by atoms with E-state index < -0.39 is 0 Å². The molecule has 0 spiro atoms. The van der Waals surface area contributed by atoms with Crippen LogP contribution in [0.4, 0.5) is 0 Å². The van der Waals surface area contributed by atoms with Gasteiger partial charge in [0.05, 0.1) is 10.6 Å². The van der Waals surface area contributed by atoms with Gasteiger partial charge in [0.15, 0.2) is 0 Å². The maximum Gasteiger partial charge on any atom is 0.206 e. The Hall–Kier alpha value is -1.20. The van der Waals surface area contributed by atoms with Crippen LogP contribution in [0.25, 0.3) is 10.6 Å². The van der Waals surface area contributed by atoms with Crippen LogP contribution >= 0.6 is 22.7 Å². The van der Waals surface area contributed by atoms with E-state index in [1.807, 2.05) is 0 Å². The highest BCUT2D eigenvalue weighted by Crippen LogP contribution is 2.26. The largest absolute Gasteiger partial charge is 0.258 e. The summed E-state index contributed by atoms with van der Waals surface area (Å²) >= 11 is 3.44. The molecule has 5 heteroatoms. The van der Waals surface area contributed by atoms with Crippen molar-refractivity contribution in [2.24, 2.45) is 16.0 Å². The van der Waals surface area contributed by atoms with Crippen LogP contribution in [0.15, 0.2) is 33.0 Å². The van der Waals surface area contributed by atoms with Crippen molar-refractivity contribution in [2.45, 2.75) is 39.5 Å². The number of hydrogen-bond acceptors (Lipinski definition) is 4. The van der Waals surface area contributed by atoms with E-state index in [0.717, 1.165) is 30.1 Å². The summed E-state index contributed by atoms with van der Waals surface area (Å²) in [5.41, 5.74) is 2.50. The van der Waals surface area contributed by atoms with E-state index in [-0.39, 0.29) is 0 Å². The summed E-state index contributed by atoms with van der Waals surface area (Å²) < 4.78 is 2.06. The van der Waals surface area contributed by atoms with Gasteiger partial charge in [-0.15, -0.1) is 22.7 Å². The van der Waals surface area contributed by atoms with Crippen molar-refractivity contribution in [1.29, 1.82) is 0 Å². The van der Waals surface area contributed by atoms with E-state index in [0.29, 0.717) is 0 Å². The Bertz CT molecular complexity index is 667. The van der Waals surface area contributed by atoms with Gasteiger partial charge in [0.2, 0.25) is 4.80 Å². The number of nitrogens with zero attached hydrogens (tertiary/aromatic N) is 3. The molecule has 21 heavy (non-hydrogen) atoms. The molecule has 1 fully saturated rings. The Morgan fingerprint density at radius 1 is 1.29 bits per heavy atom. The van der Waals surface area contributed by atoms with E-state index in [1.165, 1.54) is 29.1 Å². The fraction of sp³-hybridized carbons (Fsp3) is 0.500. The van der Waals surface area contributed by atoms with Gasteiger partial charge in [0.25, 0.3) is 0 Å². The van der Waals surface area contributed by atoms with Crippen LogP contribution in [-0.4, -0.2) is 16.9 Å². The molecule has 0 atom stereocenters. The van der Waals surface area contributed by atoms with Crippen LogP contribution in [0.1, 0.15) is 39.5 Å². The van der Waals surface area contributed by atoms with Crippen LogP contribution in [0.5, 0.6) is 0 Å². The molecule has 0 N–H and O–H groups in total. The third-order valence-corrected chi connectivity index (χ3v) is 5.59. The lowest BCUT2D eigenvalue weighted by molar-refractivity contribution is 0.481. The van der Waals surface area contributed by atoms with Gasteiger partial charge in [-0.05, 0) is 50.0 Å². The summed E-state index contributed by atoms with van der Waals surface area (Å²) in [5, 5.41) is 9.23. The lowest BCUT2D eigenvalue weighted by atomic mass is 9.90. The fourth-order valence-electron chi connectivity index (χ4n) is 2.57. The molecule has 0 amide bonds. The van der Waals surface area contributed by atoms with E-state index in [4.69, 9.17) is 5.10 Å². The number of hydrogen-bond donors (Lipinski definition) is 0. The molecule has 0 aromatic carbocycles. The number of thiazole rings is 1. The first-order valence-electron chi connectivity index (χ1n) is 7.59. The number of thiophene rings is 1. The van der Waals surface area contributed by atoms with Gasteiger partial charge >= 0.3 is 0 Å². The predicted octanol–water partition coefficient (Wildman–Crippen LogP) is 4.61. The zero-order valence-electron chi connectivity index (χ0n) is 12.6. The maximum atomic E-state index is 4.94. The van der Waals surface area contributed by atoms with Crippen LogP contribution in [0.2, 0.25) is 0 Å². The number of aromatic nitrogens is 1. The lowest BCUT2D eigenvalue weighted by Crippen LogP contribution is -2.18. The van der Waals surface area contributed by atoms with Crippen molar-refractivity contribution in [3.05, 3.63) is 27.7 Å².